The molecule has 1 amide bonds. The van der Waals surface area contributed by atoms with E-state index in [0.29, 0.717) is 18.9 Å². The summed E-state index contributed by atoms with van der Waals surface area (Å²) in [7, 11) is 0. The van der Waals surface area contributed by atoms with Crippen molar-refractivity contribution < 1.29 is 4.79 Å². The maximum atomic E-state index is 11.8. The Morgan fingerprint density at radius 2 is 2.00 bits per heavy atom. The highest BCUT2D eigenvalue weighted by Crippen LogP contribution is 2.17. The molecule has 3 heteroatoms. The van der Waals surface area contributed by atoms with Crippen molar-refractivity contribution in [2.24, 2.45) is 11.7 Å². The second kappa shape index (κ2) is 7.17. The summed E-state index contributed by atoms with van der Waals surface area (Å²) >= 11 is 0. The van der Waals surface area contributed by atoms with Gasteiger partial charge in [0.05, 0.1) is 6.04 Å². The quantitative estimate of drug-likeness (QED) is 0.813. The zero-order valence-corrected chi connectivity index (χ0v) is 11.6. The summed E-state index contributed by atoms with van der Waals surface area (Å²) in [5.41, 5.74) is 7.93. The number of amides is 1. The fraction of sp³-hybridized carbons (Fsp3) is 0.533. The molecular formula is C15H24N2O. The zero-order chi connectivity index (χ0) is 13.5. The van der Waals surface area contributed by atoms with Gasteiger partial charge in [-0.15, -0.1) is 0 Å². The van der Waals surface area contributed by atoms with Crippen LogP contribution in [0.3, 0.4) is 0 Å². The summed E-state index contributed by atoms with van der Waals surface area (Å²) in [5.74, 6) is 0.510. The Labute approximate surface area is 110 Å². The van der Waals surface area contributed by atoms with Gasteiger partial charge in [0, 0.05) is 6.42 Å². The molecule has 3 N–H and O–H groups in total. The lowest BCUT2D eigenvalue weighted by Crippen LogP contribution is -2.27. The maximum Gasteiger partial charge on any atom is 0.220 e. The Morgan fingerprint density at radius 3 is 2.61 bits per heavy atom. The molecule has 1 rings (SSSR count). The molecule has 0 aliphatic rings. The number of hydrogen-bond acceptors (Lipinski definition) is 2. The van der Waals surface area contributed by atoms with Gasteiger partial charge in [-0.1, -0.05) is 31.2 Å². The van der Waals surface area contributed by atoms with E-state index < -0.39 is 0 Å². The average Bonchev–Trinajstić information content (AvgIpc) is 2.36. The predicted octanol–water partition coefficient (Wildman–Crippen LogP) is 2.55. The van der Waals surface area contributed by atoms with Crippen LogP contribution in [0.25, 0.3) is 0 Å². The van der Waals surface area contributed by atoms with Crippen LogP contribution >= 0.6 is 0 Å². The first-order chi connectivity index (χ1) is 8.54. The number of nitrogens with two attached hydrogens (primary N) is 1. The van der Waals surface area contributed by atoms with Gasteiger partial charge in [-0.2, -0.15) is 0 Å². The summed E-state index contributed by atoms with van der Waals surface area (Å²) in [5, 5.41) is 3.04. The number of carbonyl (C=O) groups excluding carboxylic acids is 1. The van der Waals surface area contributed by atoms with Gasteiger partial charge in [-0.05, 0) is 43.9 Å². The molecule has 0 heterocycles. The number of nitrogens with one attached hydrogen (secondary N) is 1. The Bertz CT molecular complexity index is 390. The Hall–Kier alpha value is -1.35. The fourth-order valence-electron chi connectivity index (χ4n) is 1.96. The first-order valence-corrected chi connectivity index (χ1v) is 6.59. The lowest BCUT2D eigenvalue weighted by atomic mass is 10.0. The largest absolute Gasteiger partial charge is 0.350 e. The number of rotatable bonds is 6. The van der Waals surface area contributed by atoms with Crippen LogP contribution in [0.2, 0.25) is 0 Å². The van der Waals surface area contributed by atoms with Crippen molar-refractivity contribution in [3.63, 3.8) is 0 Å². The van der Waals surface area contributed by atoms with Crippen molar-refractivity contribution >= 4 is 5.91 Å². The van der Waals surface area contributed by atoms with Crippen molar-refractivity contribution in [2.45, 2.75) is 39.7 Å². The van der Waals surface area contributed by atoms with E-state index in [2.05, 4.69) is 31.3 Å². The molecule has 0 bridgehead atoms. The van der Waals surface area contributed by atoms with Crippen LogP contribution in [-0.4, -0.2) is 12.5 Å². The van der Waals surface area contributed by atoms with Crippen LogP contribution in [0.5, 0.6) is 0 Å². The molecule has 0 saturated carbocycles. The number of benzene rings is 1. The van der Waals surface area contributed by atoms with Crippen molar-refractivity contribution in [1.82, 2.24) is 5.32 Å². The summed E-state index contributed by atoms with van der Waals surface area (Å²) in [6.45, 7) is 6.79. The van der Waals surface area contributed by atoms with Crippen molar-refractivity contribution in [1.29, 1.82) is 0 Å². The van der Waals surface area contributed by atoms with Crippen LogP contribution < -0.4 is 11.1 Å². The topological polar surface area (TPSA) is 55.1 Å². The number of hydrogen-bond donors (Lipinski definition) is 2. The van der Waals surface area contributed by atoms with E-state index in [4.69, 9.17) is 5.73 Å². The summed E-state index contributed by atoms with van der Waals surface area (Å²) in [4.78, 5) is 11.8. The van der Waals surface area contributed by atoms with E-state index in [-0.39, 0.29) is 11.9 Å². The first-order valence-electron chi connectivity index (χ1n) is 6.59. The molecule has 0 aromatic heterocycles. The lowest BCUT2D eigenvalue weighted by molar-refractivity contribution is -0.122. The minimum Gasteiger partial charge on any atom is -0.350 e. The first kappa shape index (κ1) is 14.7. The van der Waals surface area contributed by atoms with Crippen molar-refractivity contribution in [3.05, 3.63) is 35.4 Å². The van der Waals surface area contributed by atoms with E-state index in [0.717, 1.165) is 6.42 Å². The van der Waals surface area contributed by atoms with Crippen molar-refractivity contribution in [3.8, 4) is 0 Å². The van der Waals surface area contributed by atoms with Gasteiger partial charge in [0.15, 0.2) is 0 Å². The highest BCUT2D eigenvalue weighted by atomic mass is 16.1. The van der Waals surface area contributed by atoms with Crippen LogP contribution in [0, 0.1) is 12.8 Å². The van der Waals surface area contributed by atoms with Gasteiger partial charge >= 0.3 is 0 Å². The van der Waals surface area contributed by atoms with E-state index in [1.807, 2.05) is 19.1 Å². The molecule has 2 unspecified atom stereocenters. The minimum absolute atomic E-state index is 0.0619. The summed E-state index contributed by atoms with van der Waals surface area (Å²) < 4.78 is 0. The summed E-state index contributed by atoms with van der Waals surface area (Å²) in [6, 6.07) is 8.20. The Morgan fingerprint density at radius 1 is 1.33 bits per heavy atom. The van der Waals surface area contributed by atoms with E-state index in [1.165, 1.54) is 11.1 Å². The number of aryl methyl sites for hydroxylation is 1. The minimum atomic E-state index is 0.0619. The Balaban J connectivity index is 2.47. The van der Waals surface area contributed by atoms with Gasteiger partial charge in [-0.3, -0.25) is 4.79 Å². The van der Waals surface area contributed by atoms with Crippen LogP contribution in [-0.2, 0) is 4.79 Å². The average molecular weight is 248 g/mol. The zero-order valence-electron chi connectivity index (χ0n) is 11.6. The Kier molecular flexibility index (Phi) is 5.86. The maximum absolute atomic E-state index is 11.8. The molecule has 2 atom stereocenters. The molecule has 1 aromatic rings. The van der Waals surface area contributed by atoms with Crippen LogP contribution in [0.1, 0.15) is 43.9 Å². The highest BCUT2D eigenvalue weighted by Gasteiger charge is 2.11. The summed E-state index contributed by atoms with van der Waals surface area (Å²) in [6.07, 6.45) is 1.40. The molecule has 1 aromatic carbocycles. The molecule has 0 aliphatic carbocycles. The van der Waals surface area contributed by atoms with Gasteiger partial charge in [-0.25, -0.2) is 0 Å². The van der Waals surface area contributed by atoms with Gasteiger partial charge in [0.2, 0.25) is 5.91 Å². The molecule has 0 radical (unpaired) electrons. The predicted molar refractivity (Wildman–Crippen MR) is 75.2 cm³/mol. The van der Waals surface area contributed by atoms with E-state index in [9.17, 15) is 4.79 Å². The molecule has 0 spiro atoms. The van der Waals surface area contributed by atoms with Gasteiger partial charge < -0.3 is 11.1 Å². The fourth-order valence-corrected chi connectivity index (χ4v) is 1.96. The molecule has 18 heavy (non-hydrogen) atoms. The standard InChI is InChI=1S/C15H24N2O/c1-11(10-16)8-9-15(18)17-13(3)14-7-5-4-6-12(14)2/h4-7,11,13H,8-10,16H2,1-3H3,(H,17,18). The third-order valence-corrected chi connectivity index (χ3v) is 3.30. The van der Waals surface area contributed by atoms with Gasteiger partial charge in [0.1, 0.15) is 0 Å². The second-order valence-corrected chi connectivity index (χ2v) is 5.03. The van der Waals surface area contributed by atoms with Crippen LogP contribution in [0.15, 0.2) is 24.3 Å². The van der Waals surface area contributed by atoms with Crippen LogP contribution in [0.4, 0.5) is 0 Å². The molecule has 0 saturated heterocycles. The molecule has 100 valence electrons. The monoisotopic (exact) mass is 248 g/mol. The third-order valence-electron chi connectivity index (χ3n) is 3.30. The van der Waals surface area contributed by atoms with Gasteiger partial charge in [0.25, 0.3) is 0 Å². The third kappa shape index (κ3) is 4.49. The smallest absolute Gasteiger partial charge is 0.220 e. The van der Waals surface area contributed by atoms with Crippen molar-refractivity contribution in [2.75, 3.05) is 6.54 Å². The lowest BCUT2D eigenvalue weighted by Gasteiger charge is -2.17. The second-order valence-electron chi connectivity index (χ2n) is 5.03. The highest BCUT2D eigenvalue weighted by molar-refractivity contribution is 5.76. The molecular weight excluding hydrogens is 224 g/mol. The number of carbonyl (C=O) groups is 1. The molecule has 3 nitrogen and oxygen atoms in total. The van der Waals surface area contributed by atoms with E-state index >= 15 is 0 Å². The van der Waals surface area contributed by atoms with E-state index in [1.54, 1.807) is 0 Å². The molecule has 0 aliphatic heterocycles. The molecule has 0 fully saturated rings. The SMILES string of the molecule is Cc1ccccc1C(C)NC(=O)CCC(C)CN. The normalized spacial score (nSPS) is 14.0.